The molecule has 2 aromatic rings. The van der Waals surface area contributed by atoms with Gasteiger partial charge in [-0.15, -0.1) is 0 Å². The molecule has 168 valence electrons. The Hall–Kier alpha value is -2.00. The third kappa shape index (κ3) is 5.31. The highest BCUT2D eigenvalue weighted by atomic mass is 32.2. The first kappa shape index (κ1) is 21.8. The van der Waals surface area contributed by atoms with E-state index < -0.39 is 0 Å². The second-order valence-electron chi connectivity index (χ2n) is 10.2. The van der Waals surface area contributed by atoms with E-state index >= 15 is 0 Å². The van der Waals surface area contributed by atoms with Crippen molar-refractivity contribution in [3.05, 3.63) is 87.4 Å². The number of rotatable bonds is 8. The summed E-state index contributed by atoms with van der Waals surface area (Å²) < 4.78 is 6.04. The number of hydrogen-bond acceptors (Lipinski definition) is 3. The largest absolute Gasteiger partial charge is 0.445 e. The minimum absolute atomic E-state index is 0.229. The molecule has 0 amide bonds. The van der Waals surface area contributed by atoms with Gasteiger partial charge in [-0.1, -0.05) is 93.8 Å². The van der Waals surface area contributed by atoms with Crippen molar-refractivity contribution >= 4 is 11.8 Å². The first-order valence-electron chi connectivity index (χ1n) is 12.4. The monoisotopic (exact) mass is 445 g/mol. The van der Waals surface area contributed by atoms with Gasteiger partial charge in [-0.2, -0.15) is 0 Å². The van der Waals surface area contributed by atoms with Gasteiger partial charge >= 0.3 is 0 Å². The number of benzene rings is 1. The molecule has 2 fully saturated rings. The van der Waals surface area contributed by atoms with Gasteiger partial charge in [0.25, 0.3) is 0 Å². The number of nitrogens with zero attached hydrogens (tertiary/aromatic N) is 1. The fraction of sp³-hybridized carbons (Fsp3) is 0.483. The van der Waals surface area contributed by atoms with Crippen LogP contribution in [-0.4, -0.2) is 4.98 Å². The zero-order chi connectivity index (χ0) is 22.0. The Bertz CT molecular complexity index is 1020. The zero-order valence-electron chi connectivity index (χ0n) is 19.4. The molecule has 2 saturated carbocycles. The van der Waals surface area contributed by atoms with Crippen molar-refractivity contribution in [3.8, 4) is 0 Å². The smallest absolute Gasteiger partial charge is 0.198 e. The number of aromatic nitrogens is 1. The van der Waals surface area contributed by atoms with Crippen molar-refractivity contribution < 1.29 is 4.42 Å². The molecule has 2 heterocycles. The summed E-state index contributed by atoms with van der Waals surface area (Å²) in [7, 11) is 0. The van der Waals surface area contributed by atoms with E-state index in [0.29, 0.717) is 6.42 Å². The van der Waals surface area contributed by atoms with E-state index in [2.05, 4.69) is 54.9 Å². The van der Waals surface area contributed by atoms with E-state index in [4.69, 9.17) is 4.42 Å². The maximum absolute atomic E-state index is 6.04. The number of hydrogen-bond donors (Lipinski definition) is 0. The van der Waals surface area contributed by atoms with E-state index in [1.54, 1.807) is 0 Å². The van der Waals surface area contributed by atoms with E-state index in [0.717, 1.165) is 36.0 Å². The molecule has 1 aromatic carbocycles. The summed E-state index contributed by atoms with van der Waals surface area (Å²) in [4.78, 5) is 7.21. The van der Waals surface area contributed by atoms with Gasteiger partial charge in [-0.25, -0.2) is 4.98 Å². The van der Waals surface area contributed by atoms with Gasteiger partial charge in [-0.3, -0.25) is 0 Å². The van der Waals surface area contributed by atoms with Crippen molar-refractivity contribution in [1.82, 2.24) is 4.98 Å². The van der Waals surface area contributed by atoms with E-state index in [1.807, 2.05) is 18.0 Å². The molecule has 3 heteroatoms. The molecular formula is C29H35NOS. The van der Waals surface area contributed by atoms with Crippen LogP contribution >= 0.6 is 11.8 Å². The maximum Gasteiger partial charge on any atom is 0.198 e. The Kier molecular flexibility index (Phi) is 6.46. The summed E-state index contributed by atoms with van der Waals surface area (Å²) in [6.45, 7) is 6.61. The molecule has 0 bridgehead atoms. The predicted molar refractivity (Wildman–Crippen MR) is 135 cm³/mol. The molecule has 3 aliphatic rings. The average molecular weight is 446 g/mol. The van der Waals surface area contributed by atoms with Gasteiger partial charge in [0, 0.05) is 23.2 Å². The first-order valence-corrected chi connectivity index (χ1v) is 13.2. The lowest BCUT2D eigenvalue weighted by Gasteiger charge is -2.21. The Morgan fingerprint density at radius 2 is 1.84 bits per heavy atom. The van der Waals surface area contributed by atoms with E-state index in [9.17, 15) is 0 Å². The van der Waals surface area contributed by atoms with Crippen LogP contribution < -0.4 is 0 Å². The highest BCUT2D eigenvalue weighted by Crippen LogP contribution is 2.48. The predicted octanol–water partition coefficient (Wildman–Crippen LogP) is 8.10. The minimum atomic E-state index is 0.229. The molecule has 0 unspecified atom stereocenters. The second-order valence-corrected chi connectivity index (χ2v) is 11.4. The van der Waals surface area contributed by atoms with Crippen molar-refractivity contribution in [1.29, 1.82) is 0 Å². The lowest BCUT2D eigenvalue weighted by atomic mass is 9.85. The number of allylic oxidation sites excluding steroid dienone is 4. The number of thioether (sulfide) groups is 1. The van der Waals surface area contributed by atoms with Crippen LogP contribution in [0.1, 0.15) is 81.1 Å². The molecule has 0 atom stereocenters. The molecule has 32 heavy (non-hydrogen) atoms. The van der Waals surface area contributed by atoms with E-state index in [1.165, 1.54) is 72.3 Å². The highest BCUT2D eigenvalue weighted by Gasteiger charge is 2.42. The highest BCUT2D eigenvalue weighted by molar-refractivity contribution is 8.07. The summed E-state index contributed by atoms with van der Waals surface area (Å²) in [6.07, 6.45) is 20.0. The SMILES string of the molecule is C=C(Cc1ncc(C2(C)CC2)o1)C1=CCC=C(Cc2ccc(CC3CCCCC3)cc2)S1. The van der Waals surface area contributed by atoms with Crippen molar-refractivity contribution in [2.75, 3.05) is 0 Å². The molecule has 0 saturated heterocycles. The maximum atomic E-state index is 6.04. The topological polar surface area (TPSA) is 26.0 Å². The molecule has 5 rings (SSSR count). The third-order valence-electron chi connectivity index (χ3n) is 7.40. The molecule has 2 nitrogen and oxygen atoms in total. The lowest BCUT2D eigenvalue weighted by molar-refractivity contribution is 0.356. The van der Waals surface area contributed by atoms with Gasteiger partial charge in [0.05, 0.1) is 6.20 Å². The summed E-state index contributed by atoms with van der Waals surface area (Å²) in [5.74, 6) is 2.74. The van der Waals surface area contributed by atoms with E-state index in [-0.39, 0.29) is 5.41 Å². The molecule has 1 aliphatic heterocycles. The van der Waals surface area contributed by atoms with Crippen molar-refractivity contribution in [3.63, 3.8) is 0 Å². The van der Waals surface area contributed by atoms with Crippen LogP contribution in [0, 0.1) is 5.92 Å². The standard InChI is InChI=1S/C29H35NOS/c1-21(17-28-30-20-27(31-28)29(2)15-16-29)26-10-6-9-25(32-26)19-24-13-11-23(12-14-24)18-22-7-4-3-5-8-22/h9-14,20,22H,1,3-8,15-19H2,2H3. The quantitative estimate of drug-likeness (QED) is 0.410. The van der Waals surface area contributed by atoms with Crippen LogP contribution in [0.3, 0.4) is 0 Å². The zero-order valence-corrected chi connectivity index (χ0v) is 20.2. The first-order chi connectivity index (χ1) is 15.6. The average Bonchev–Trinajstić information content (AvgIpc) is 3.38. The summed E-state index contributed by atoms with van der Waals surface area (Å²) in [6, 6.07) is 9.38. The van der Waals surface area contributed by atoms with Crippen molar-refractivity contribution in [2.24, 2.45) is 5.92 Å². The van der Waals surface area contributed by atoms with Crippen LogP contribution in [0.2, 0.25) is 0 Å². The molecule has 1 aromatic heterocycles. The summed E-state index contributed by atoms with van der Waals surface area (Å²) in [5, 5.41) is 0. The third-order valence-corrected chi connectivity index (χ3v) is 8.65. The minimum Gasteiger partial charge on any atom is -0.445 e. The fourth-order valence-corrected chi connectivity index (χ4v) is 6.04. The van der Waals surface area contributed by atoms with Crippen LogP contribution in [0.25, 0.3) is 0 Å². The normalized spacial score (nSPS) is 20.5. The van der Waals surface area contributed by atoms with Gasteiger partial charge in [0.1, 0.15) is 5.76 Å². The van der Waals surface area contributed by atoms with Gasteiger partial charge in [-0.05, 0) is 53.2 Å². The van der Waals surface area contributed by atoms with Gasteiger partial charge in [0.2, 0.25) is 0 Å². The van der Waals surface area contributed by atoms with Gasteiger partial charge < -0.3 is 4.42 Å². The molecule has 0 spiro atoms. The van der Waals surface area contributed by atoms with Crippen LogP contribution in [0.15, 0.2) is 69.0 Å². The van der Waals surface area contributed by atoms with Crippen LogP contribution in [-0.2, 0) is 24.7 Å². The molecule has 0 radical (unpaired) electrons. The Balaban J connectivity index is 1.13. The Morgan fingerprint density at radius 1 is 1.09 bits per heavy atom. The second kappa shape index (κ2) is 9.47. The Morgan fingerprint density at radius 3 is 2.59 bits per heavy atom. The molecular weight excluding hydrogens is 410 g/mol. The lowest BCUT2D eigenvalue weighted by Crippen LogP contribution is -2.09. The fourth-order valence-electron chi connectivity index (χ4n) is 4.94. The van der Waals surface area contributed by atoms with Crippen LogP contribution in [0.4, 0.5) is 0 Å². The van der Waals surface area contributed by atoms with Crippen molar-refractivity contribution in [2.45, 2.75) is 83.0 Å². The van der Waals surface area contributed by atoms with Crippen LogP contribution in [0.5, 0.6) is 0 Å². The summed E-state index contributed by atoms with van der Waals surface area (Å²) >= 11 is 1.86. The Labute approximate surface area is 197 Å². The molecule has 2 aliphatic carbocycles. The molecule has 0 N–H and O–H groups in total. The summed E-state index contributed by atoms with van der Waals surface area (Å²) in [5.41, 5.74) is 4.24. The number of oxazole rings is 1. The van der Waals surface area contributed by atoms with Gasteiger partial charge in [0.15, 0.2) is 5.89 Å².